The summed E-state index contributed by atoms with van der Waals surface area (Å²) in [5.74, 6) is 5.82. The molecule has 0 fully saturated rings. The Morgan fingerprint density at radius 3 is 0.523 bits per heavy atom. The maximum atomic E-state index is 9.89. The molecule has 0 aromatic heterocycles. The number of alkyl halides is 1. The molecule has 0 heterocycles. The Morgan fingerprint density at radius 1 is 0.349 bits per heavy atom. The van der Waals surface area contributed by atoms with E-state index in [1.54, 1.807) is 7.05 Å². The van der Waals surface area contributed by atoms with E-state index in [2.05, 4.69) is 312 Å². The van der Waals surface area contributed by atoms with Crippen molar-refractivity contribution >= 4 is 15.9 Å². The number of aryl methyl sites for hydroxylation is 3. The van der Waals surface area contributed by atoms with E-state index in [1.165, 1.54) is 94.8 Å². The first kappa shape index (κ1) is 94.2. The Kier molecular flexibility index (Phi) is 62.8. The maximum Gasteiger partial charge on any atom is 0.216 e. The van der Waals surface area contributed by atoms with Crippen molar-refractivity contribution < 1.29 is 17.6 Å². The summed E-state index contributed by atoms with van der Waals surface area (Å²) >= 11 is 0. The molecule has 0 spiro atoms. The smallest absolute Gasteiger partial charge is 0.216 e. The van der Waals surface area contributed by atoms with Gasteiger partial charge in [0.15, 0.2) is 0 Å². The zero-order valence-corrected chi connectivity index (χ0v) is 60.5. The molecule has 9 heteroatoms. The SMILES string of the molecule is C.CC.CC(C)c1ccccc1C(C)C.CC(C)c1ccccc1C(C)C.CC(C)c1ccccc1C(C)C.CF.CN.CN.CNC(C)=O.CNS(C)(=O)=O.Cc1ccccc1C(C)C.Cc1ccccc1C(C)C.Cc1ccccc1C(C)C. The molecule has 0 radical (unpaired) electrons. The molecule has 6 N–H and O–H groups in total. The van der Waals surface area contributed by atoms with Gasteiger partial charge in [-0.1, -0.05) is 291 Å². The van der Waals surface area contributed by atoms with Crippen molar-refractivity contribution in [3.8, 4) is 0 Å². The number of nitrogens with one attached hydrogen (secondary N) is 2. The largest absolute Gasteiger partial charge is 0.359 e. The van der Waals surface area contributed by atoms with Crippen LogP contribution in [0.15, 0.2) is 146 Å². The third-order valence-electron chi connectivity index (χ3n) is 12.9. The number of hydrogen-bond donors (Lipinski definition) is 4. The number of carbonyl (C=O) groups is 1. The standard InChI is InChI=1S/3C12H18.3C10H14.C3H7NO.C2H7NO2S.C2H6.CH3F.2CH5N.CH4/c3*1-9(2)11-7-5-6-8-12(11)10(3)4;3*1-8(2)10-7-5-4-6-9(10)3;1-3(5)4-2;1-3-6(2,4)5;4*1-2;/h3*5-10H,1-4H3;3*4-8H,1-3H3;1-2H3,(H,4,5);3H,1-2H3;1-2H3;1H3;2*2H2,1H3;1H4. The highest BCUT2D eigenvalue weighted by molar-refractivity contribution is 7.88. The van der Waals surface area contributed by atoms with Crippen molar-refractivity contribution in [3.63, 3.8) is 0 Å². The van der Waals surface area contributed by atoms with Gasteiger partial charge < -0.3 is 16.8 Å². The first-order valence-corrected chi connectivity index (χ1v) is 32.8. The maximum absolute atomic E-state index is 9.89. The van der Waals surface area contributed by atoms with Gasteiger partial charge in [-0.2, -0.15) is 0 Å². The van der Waals surface area contributed by atoms with Crippen LogP contribution in [0.3, 0.4) is 0 Å². The molecule has 0 saturated carbocycles. The second kappa shape index (κ2) is 57.3. The first-order chi connectivity index (χ1) is 39.9. The van der Waals surface area contributed by atoms with Crippen molar-refractivity contribution in [3.05, 3.63) is 212 Å². The van der Waals surface area contributed by atoms with E-state index in [9.17, 15) is 17.6 Å². The molecular formula is C77H133FN4O3S. The molecule has 0 atom stereocenters. The average molecular weight is 1210 g/mol. The number of amides is 1. The van der Waals surface area contributed by atoms with E-state index in [4.69, 9.17) is 0 Å². The molecule has 6 aromatic carbocycles. The lowest BCUT2D eigenvalue weighted by Crippen LogP contribution is -2.15. The van der Waals surface area contributed by atoms with Crippen LogP contribution < -0.4 is 21.5 Å². The van der Waals surface area contributed by atoms with Gasteiger partial charge in [0.1, 0.15) is 0 Å². The van der Waals surface area contributed by atoms with Crippen LogP contribution in [0.1, 0.15) is 273 Å². The molecule has 0 bridgehead atoms. The lowest BCUT2D eigenvalue weighted by Gasteiger charge is -2.14. The van der Waals surface area contributed by atoms with Crippen molar-refractivity contribution in [2.24, 2.45) is 11.5 Å². The van der Waals surface area contributed by atoms with Crippen LogP contribution in [0.25, 0.3) is 0 Å². The minimum atomic E-state index is -2.91. The van der Waals surface area contributed by atoms with Crippen molar-refractivity contribution in [1.82, 2.24) is 10.0 Å². The van der Waals surface area contributed by atoms with Crippen molar-refractivity contribution in [1.29, 1.82) is 0 Å². The minimum absolute atomic E-state index is 0. The Labute approximate surface area is 533 Å². The number of nitrogens with two attached hydrogens (primary N) is 2. The van der Waals surface area contributed by atoms with Gasteiger partial charge in [-0.05, 0) is 162 Å². The summed E-state index contributed by atoms with van der Waals surface area (Å²) < 4.78 is 31.4. The third-order valence-corrected chi connectivity index (χ3v) is 13.6. The summed E-state index contributed by atoms with van der Waals surface area (Å²) in [5.41, 5.74) is 26.5. The Balaban J connectivity index is -0.000000164. The zero-order valence-electron chi connectivity index (χ0n) is 59.7. The van der Waals surface area contributed by atoms with Gasteiger partial charge in [-0.3, -0.25) is 9.18 Å². The van der Waals surface area contributed by atoms with E-state index in [-0.39, 0.29) is 13.3 Å². The quantitative estimate of drug-likeness (QED) is 0.109. The summed E-state index contributed by atoms with van der Waals surface area (Å²) in [6, 6.07) is 51.8. The van der Waals surface area contributed by atoms with Gasteiger partial charge in [-0.15, -0.1) is 0 Å². The minimum Gasteiger partial charge on any atom is -0.359 e. The fraction of sp³-hybridized carbons (Fsp3) is 0.519. The highest BCUT2D eigenvalue weighted by atomic mass is 32.2. The van der Waals surface area contributed by atoms with Crippen molar-refractivity contribution in [2.75, 3.05) is 41.6 Å². The molecular weight excluding hydrogens is 1080 g/mol. The normalized spacial score (nSPS) is 9.79. The van der Waals surface area contributed by atoms with E-state index >= 15 is 0 Å². The predicted octanol–water partition coefficient (Wildman–Crippen LogP) is 21.5. The lowest BCUT2D eigenvalue weighted by molar-refractivity contribution is -0.118. The first-order valence-electron chi connectivity index (χ1n) is 30.9. The van der Waals surface area contributed by atoms with Crippen LogP contribution in [-0.4, -0.2) is 55.9 Å². The number of benzene rings is 6. The summed E-state index contributed by atoms with van der Waals surface area (Å²) in [4.78, 5) is 9.70. The number of rotatable bonds is 10. The zero-order chi connectivity index (χ0) is 67.6. The summed E-state index contributed by atoms with van der Waals surface area (Å²) in [5, 5.41) is 2.39. The van der Waals surface area contributed by atoms with Gasteiger partial charge >= 0.3 is 0 Å². The fourth-order valence-corrected chi connectivity index (χ4v) is 8.39. The molecule has 0 aliphatic carbocycles. The Hall–Kier alpha value is -5.45. The van der Waals surface area contributed by atoms with Gasteiger partial charge in [0.05, 0.1) is 13.4 Å². The summed E-state index contributed by atoms with van der Waals surface area (Å²) in [7, 11) is 3.56. The molecule has 0 aliphatic rings. The molecule has 86 heavy (non-hydrogen) atoms. The third kappa shape index (κ3) is 45.8. The molecule has 6 aromatic rings. The van der Waals surface area contributed by atoms with E-state index in [0.29, 0.717) is 60.4 Å². The van der Waals surface area contributed by atoms with E-state index in [0.717, 1.165) is 6.26 Å². The second-order valence-corrected chi connectivity index (χ2v) is 24.6. The highest BCUT2D eigenvalue weighted by Gasteiger charge is 2.10. The highest BCUT2D eigenvalue weighted by Crippen LogP contribution is 2.28. The van der Waals surface area contributed by atoms with Crippen LogP contribution in [0, 0.1) is 20.8 Å². The fourth-order valence-electron chi connectivity index (χ4n) is 8.39. The van der Waals surface area contributed by atoms with Crippen LogP contribution in [0.5, 0.6) is 0 Å². The van der Waals surface area contributed by atoms with Crippen molar-refractivity contribution in [2.45, 2.75) is 227 Å². The Morgan fingerprint density at radius 2 is 0.453 bits per heavy atom. The van der Waals surface area contributed by atoms with Gasteiger partial charge in [0, 0.05) is 14.0 Å². The molecule has 0 unspecified atom stereocenters. The van der Waals surface area contributed by atoms with Crippen LogP contribution in [0.4, 0.5) is 4.39 Å². The molecule has 492 valence electrons. The van der Waals surface area contributed by atoms with E-state index in [1.807, 2.05) is 13.8 Å². The molecule has 0 aliphatic heterocycles. The van der Waals surface area contributed by atoms with Crippen LogP contribution in [-0.2, 0) is 14.8 Å². The number of sulfonamides is 1. The van der Waals surface area contributed by atoms with Gasteiger partial charge in [-0.25, -0.2) is 13.1 Å². The van der Waals surface area contributed by atoms with Crippen LogP contribution in [0.2, 0.25) is 0 Å². The number of hydrogen-bond acceptors (Lipinski definition) is 5. The number of carbonyl (C=O) groups excluding carboxylic acids is 1. The molecule has 7 nitrogen and oxygen atoms in total. The lowest BCUT2D eigenvalue weighted by atomic mass is 9.91. The summed E-state index contributed by atoms with van der Waals surface area (Å²) in [6.07, 6.45) is 1.10. The predicted molar refractivity (Wildman–Crippen MR) is 389 cm³/mol. The molecule has 1 amide bonds. The van der Waals surface area contributed by atoms with Gasteiger partial charge in [0.2, 0.25) is 15.9 Å². The average Bonchev–Trinajstić information content (AvgIpc) is 3.63. The van der Waals surface area contributed by atoms with Gasteiger partial charge in [0.25, 0.3) is 0 Å². The summed E-state index contributed by atoms with van der Waals surface area (Å²) in [6.45, 7) is 52.3. The molecule has 0 saturated heterocycles. The second-order valence-electron chi connectivity index (χ2n) is 22.6. The van der Waals surface area contributed by atoms with E-state index < -0.39 is 10.0 Å². The Bertz CT molecular complexity index is 2290. The monoisotopic (exact) mass is 1210 g/mol. The van der Waals surface area contributed by atoms with Crippen LogP contribution >= 0.6 is 0 Å². The molecule has 6 rings (SSSR count). The number of halogens is 1. The topological polar surface area (TPSA) is 127 Å².